The summed E-state index contributed by atoms with van der Waals surface area (Å²) in [7, 11) is 1.50. The topological polar surface area (TPSA) is 88.2 Å². The number of amides is 1. The first-order valence-electron chi connectivity index (χ1n) is 3.85. The number of rotatable bonds is 3. The number of ether oxygens (including phenoxy) is 1. The zero-order valence-corrected chi connectivity index (χ0v) is 8.02. The van der Waals surface area contributed by atoms with Gasteiger partial charge in [0.2, 0.25) is 0 Å². The fourth-order valence-electron chi connectivity index (χ4n) is 0.631. The van der Waals surface area contributed by atoms with E-state index in [-0.39, 0.29) is 18.5 Å². The summed E-state index contributed by atoms with van der Waals surface area (Å²) in [5, 5.41) is 11.0. The summed E-state index contributed by atoms with van der Waals surface area (Å²) >= 11 is 0. The van der Waals surface area contributed by atoms with Crippen LogP contribution in [0.5, 0.6) is 0 Å². The van der Waals surface area contributed by atoms with Gasteiger partial charge in [-0.05, 0) is 13.8 Å². The van der Waals surface area contributed by atoms with Gasteiger partial charge < -0.3 is 20.6 Å². The molecule has 6 nitrogen and oxygen atoms in total. The van der Waals surface area contributed by atoms with Gasteiger partial charge in [0.25, 0.3) is 0 Å². The van der Waals surface area contributed by atoms with Gasteiger partial charge in [0.15, 0.2) is 5.84 Å². The Kier molecular flexibility index (Phi) is 4.64. The Labute approximate surface area is 76.9 Å². The molecule has 0 atom stereocenters. The van der Waals surface area contributed by atoms with E-state index < -0.39 is 6.09 Å². The third-order valence-electron chi connectivity index (χ3n) is 1.18. The summed E-state index contributed by atoms with van der Waals surface area (Å²) in [6.07, 6.45) is -0.677. The lowest BCUT2D eigenvalue weighted by Gasteiger charge is -2.17. The third kappa shape index (κ3) is 4.89. The highest BCUT2D eigenvalue weighted by Gasteiger charge is 2.12. The van der Waals surface area contributed by atoms with Crippen molar-refractivity contribution in [2.24, 2.45) is 10.9 Å². The van der Waals surface area contributed by atoms with Crippen LogP contribution in [0.2, 0.25) is 0 Å². The molecular weight excluding hydrogens is 174 g/mol. The minimum Gasteiger partial charge on any atom is -0.447 e. The molecule has 0 spiro atoms. The van der Waals surface area contributed by atoms with E-state index in [0.717, 1.165) is 0 Å². The molecule has 0 aromatic carbocycles. The maximum atomic E-state index is 11.1. The van der Waals surface area contributed by atoms with E-state index >= 15 is 0 Å². The molecule has 13 heavy (non-hydrogen) atoms. The molecular formula is C7H15N3O3. The van der Waals surface area contributed by atoms with Crippen LogP contribution in [-0.4, -0.2) is 41.7 Å². The van der Waals surface area contributed by atoms with Gasteiger partial charge >= 0.3 is 6.09 Å². The summed E-state index contributed by atoms with van der Waals surface area (Å²) in [6.45, 7) is 3.53. The molecule has 1 amide bonds. The van der Waals surface area contributed by atoms with Gasteiger partial charge in [-0.15, -0.1) is 0 Å². The van der Waals surface area contributed by atoms with Gasteiger partial charge in [0, 0.05) is 7.05 Å². The number of amidine groups is 1. The zero-order valence-electron chi connectivity index (χ0n) is 8.02. The van der Waals surface area contributed by atoms with Crippen LogP contribution < -0.4 is 5.73 Å². The molecule has 0 aliphatic heterocycles. The lowest BCUT2D eigenvalue weighted by Crippen LogP contribution is -2.36. The van der Waals surface area contributed by atoms with E-state index in [1.54, 1.807) is 13.8 Å². The predicted octanol–water partition coefficient (Wildman–Crippen LogP) is 0.210. The first-order valence-corrected chi connectivity index (χ1v) is 3.85. The second kappa shape index (κ2) is 5.23. The number of hydrogen-bond acceptors (Lipinski definition) is 4. The van der Waals surface area contributed by atoms with Crippen LogP contribution in [0.1, 0.15) is 13.8 Å². The first kappa shape index (κ1) is 11.5. The molecule has 0 bridgehead atoms. The quantitative estimate of drug-likeness (QED) is 0.287. The number of likely N-dealkylation sites (N-methyl/N-ethyl adjacent to an activating group) is 1. The Hall–Kier alpha value is -1.46. The maximum Gasteiger partial charge on any atom is 0.410 e. The van der Waals surface area contributed by atoms with E-state index in [4.69, 9.17) is 15.7 Å². The van der Waals surface area contributed by atoms with Crippen LogP contribution in [0.15, 0.2) is 5.16 Å². The molecule has 0 fully saturated rings. The normalized spacial score (nSPS) is 11.5. The SMILES string of the molecule is CC(C)OC(=O)N(C)CC(N)=NO. The average molecular weight is 189 g/mol. The second-order valence-corrected chi connectivity index (χ2v) is 2.88. The van der Waals surface area contributed by atoms with Crippen molar-refractivity contribution in [3.8, 4) is 0 Å². The number of nitrogens with two attached hydrogens (primary N) is 1. The number of oxime groups is 1. The van der Waals surface area contributed by atoms with E-state index in [9.17, 15) is 4.79 Å². The van der Waals surface area contributed by atoms with Crippen LogP contribution in [0, 0.1) is 0 Å². The van der Waals surface area contributed by atoms with Gasteiger partial charge in [0.05, 0.1) is 12.6 Å². The Morgan fingerprint density at radius 3 is 2.62 bits per heavy atom. The number of carbonyl (C=O) groups excluding carboxylic acids is 1. The Morgan fingerprint density at radius 1 is 1.69 bits per heavy atom. The Morgan fingerprint density at radius 2 is 2.23 bits per heavy atom. The van der Waals surface area contributed by atoms with Gasteiger partial charge in [-0.3, -0.25) is 0 Å². The summed E-state index contributed by atoms with van der Waals surface area (Å²) < 4.78 is 4.85. The lowest BCUT2D eigenvalue weighted by molar-refractivity contribution is 0.0877. The first-order chi connectivity index (χ1) is 5.97. The summed E-state index contributed by atoms with van der Waals surface area (Å²) in [4.78, 5) is 12.3. The molecule has 0 rings (SSSR count). The van der Waals surface area contributed by atoms with Crippen molar-refractivity contribution in [1.82, 2.24) is 4.90 Å². The van der Waals surface area contributed by atoms with Crippen molar-refractivity contribution < 1.29 is 14.7 Å². The minimum absolute atomic E-state index is 0.0387. The van der Waals surface area contributed by atoms with E-state index in [1.807, 2.05) is 0 Å². The highest BCUT2D eigenvalue weighted by atomic mass is 16.6. The fraction of sp³-hybridized carbons (Fsp3) is 0.714. The van der Waals surface area contributed by atoms with Gasteiger partial charge in [-0.2, -0.15) is 0 Å². The minimum atomic E-state index is -0.499. The summed E-state index contributed by atoms with van der Waals surface area (Å²) in [5.41, 5.74) is 5.19. The molecule has 0 saturated carbocycles. The molecule has 0 heterocycles. The van der Waals surface area contributed by atoms with Crippen molar-refractivity contribution in [2.75, 3.05) is 13.6 Å². The van der Waals surface area contributed by atoms with Gasteiger partial charge in [-0.1, -0.05) is 5.16 Å². The average Bonchev–Trinajstić information content (AvgIpc) is 2.02. The highest BCUT2D eigenvalue weighted by Crippen LogP contribution is 1.94. The molecule has 76 valence electrons. The second-order valence-electron chi connectivity index (χ2n) is 2.88. The molecule has 0 aliphatic carbocycles. The molecule has 3 N–H and O–H groups in total. The smallest absolute Gasteiger partial charge is 0.410 e. The van der Waals surface area contributed by atoms with Gasteiger partial charge in [-0.25, -0.2) is 4.79 Å². The molecule has 0 unspecified atom stereocenters. The van der Waals surface area contributed by atoms with Crippen LogP contribution in [0.25, 0.3) is 0 Å². The predicted molar refractivity (Wildman–Crippen MR) is 47.7 cm³/mol. The van der Waals surface area contributed by atoms with Crippen LogP contribution >= 0.6 is 0 Å². The molecule has 0 aromatic rings. The number of carbonyl (C=O) groups is 1. The van der Waals surface area contributed by atoms with Crippen molar-refractivity contribution >= 4 is 11.9 Å². The highest BCUT2D eigenvalue weighted by molar-refractivity contribution is 5.84. The lowest BCUT2D eigenvalue weighted by atomic mass is 10.5. The number of hydrogen-bond donors (Lipinski definition) is 2. The van der Waals surface area contributed by atoms with E-state index in [0.29, 0.717) is 0 Å². The molecule has 6 heteroatoms. The Bertz CT molecular complexity index is 203. The largest absolute Gasteiger partial charge is 0.447 e. The molecule has 0 aliphatic rings. The van der Waals surface area contributed by atoms with Crippen molar-refractivity contribution in [3.05, 3.63) is 0 Å². The summed E-state index contributed by atoms with van der Waals surface area (Å²) in [6, 6.07) is 0. The van der Waals surface area contributed by atoms with Crippen LogP contribution in [0.3, 0.4) is 0 Å². The van der Waals surface area contributed by atoms with E-state index in [2.05, 4.69) is 5.16 Å². The zero-order chi connectivity index (χ0) is 10.4. The maximum absolute atomic E-state index is 11.1. The number of nitrogens with zero attached hydrogens (tertiary/aromatic N) is 2. The van der Waals surface area contributed by atoms with Crippen LogP contribution in [0.4, 0.5) is 4.79 Å². The Balaban J connectivity index is 3.97. The molecule has 0 radical (unpaired) electrons. The molecule has 0 saturated heterocycles. The van der Waals surface area contributed by atoms with E-state index in [1.165, 1.54) is 11.9 Å². The standard InChI is InChI=1S/C7H15N3O3/c1-5(2)13-7(11)10(3)4-6(8)9-12/h5,12H,4H2,1-3H3,(H2,8,9). The van der Waals surface area contributed by atoms with Gasteiger partial charge in [0.1, 0.15) is 0 Å². The third-order valence-corrected chi connectivity index (χ3v) is 1.18. The summed E-state index contributed by atoms with van der Waals surface area (Å²) in [5.74, 6) is -0.0387. The fourth-order valence-corrected chi connectivity index (χ4v) is 0.631. The van der Waals surface area contributed by atoms with Crippen molar-refractivity contribution in [3.63, 3.8) is 0 Å². The monoisotopic (exact) mass is 189 g/mol. The van der Waals surface area contributed by atoms with Crippen LogP contribution in [-0.2, 0) is 4.74 Å². The van der Waals surface area contributed by atoms with Crippen molar-refractivity contribution in [1.29, 1.82) is 0 Å². The van der Waals surface area contributed by atoms with Crippen molar-refractivity contribution in [2.45, 2.75) is 20.0 Å². The molecule has 0 aromatic heterocycles.